The number of ether oxygens (including phenoxy) is 1. The molecule has 1 aromatic heterocycles. The summed E-state index contributed by atoms with van der Waals surface area (Å²) in [6.07, 6.45) is -1.50. The lowest BCUT2D eigenvalue weighted by molar-refractivity contribution is -0.142. The van der Waals surface area contributed by atoms with Gasteiger partial charge >= 0.3 is 18.2 Å². The number of hydrogen-bond acceptors (Lipinski definition) is 4. The van der Waals surface area contributed by atoms with Gasteiger partial charge in [0.15, 0.2) is 0 Å². The normalized spacial score (nSPS) is 14.2. The number of rotatable bonds is 7. The van der Waals surface area contributed by atoms with E-state index in [1.807, 2.05) is 0 Å². The molecule has 0 radical (unpaired) electrons. The number of carboxylic acids is 1. The number of amides is 1. The van der Waals surface area contributed by atoms with E-state index in [2.05, 4.69) is 10.3 Å². The summed E-state index contributed by atoms with van der Waals surface area (Å²) in [5.74, 6) is -1.65. The lowest BCUT2D eigenvalue weighted by Crippen LogP contribution is -2.33. The number of carboxylic acid groups (broad SMARTS) is 1. The number of nitrogens with one attached hydrogen (secondary N) is 1. The van der Waals surface area contributed by atoms with Crippen molar-refractivity contribution in [3.8, 4) is 5.69 Å². The number of aryl methyl sites for hydroxylation is 1. The Balaban J connectivity index is 1.64. The van der Waals surface area contributed by atoms with E-state index in [0.29, 0.717) is 42.6 Å². The van der Waals surface area contributed by atoms with Gasteiger partial charge in [0.2, 0.25) is 0 Å². The highest BCUT2D eigenvalue weighted by atomic mass is 19.4. The number of halogens is 3. The number of aromatic nitrogens is 2. The van der Waals surface area contributed by atoms with Crippen molar-refractivity contribution in [2.45, 2.75) is 64.7 Å². The molecule has 2 N–H and O–H groups in total. The summed E-state index contributed by atoms with van der Waals surface area (Å²) >= 11 is 0. The summed E-state index contributed by atoms with van der Waals surface area (Å²) in [7, 11) is 0. The predicted molar refractivity (Wildman–Crippen MR) is 114 cm³/mol. The second-order valence-electron chi connectivity index (χ2n) is 9.16. The van der Waals surface area contributed by atoms with Crippen LogP contribution in [0.5, 0.6) is 0 Å². The first-order valence-corrected chi connectivity index (χ1v) is 10.8. The van der Waals surface area contributed by atoms with Crippen LogP contribution in [0.3, 0.4) is 0 Å². The van der Waals surface area contributed by atoms with E-state index < -0.39 is 35.3 Å². The Labute approximate surface area is 190 Å². The third-order valence-electron chi connectivity index (χ3n) is 5.44. The van der Waals surface area contributed by atoms with Crippen LogP contribution in [0.1, 0.15) is 56.1 Å². The number of benzene rings is 1. The molecule has 33 heavy (non-hydrogen) atoms. The van der Waals surface area contributed by atoms with E-state index in [9.17, 15) is 27.9 Å². The average molecular weight is 467 g/mol. The van der Waals surface area contributed by atoms with Crippen LogP contribution in [-0.4, -0.2) is 38.9 Å². The number of alkyl carbamates (subject to hydrolysis) is 1. The zero-order valence-electron chi connectivity index (χ0n) is 18.8. The van der Waals surface area contributed by atoms with Crippen LogP contribution >= 0.6 is 0 Å². The summed E-state index contributed by atoms with van der Waals surface area (Å²) in [6.45, 7) is 5.56. The van der Waals surface area contributed by atoms with Crippen molar-refractivity contribution in [1.29, 1.82) is 0 Å². The number of hydrogen-bond donors (Lipinski definition) is 2. The van der Waals surface area contributed by atoms with E-state index >= 15 is 0 Å². The number of nitrogens with zero attached hydrogens (tertiary/aromatic N) is 2. The first-order chi connectivity index (χ1) is 15.3. The maximum atomic E-state index is 13.0. The van der Waals surface area contributed by atoms with Gasteiger partial charge in [0, 0.05) is 24.3 Å². The highest BCUT2D eigenvalue weighted by Gasteiger charge is 2.32. The SMILES string of the molecule is CC(C)(C)OC(=O)NCCCC(Cc1ncn2c1CCc1cc(C(F)(F)F)ccc1-2)C(=O)O. The van der Waals surface area contributed by atoms with E-state index in [4.69, 9.17) is 4.74 Å². The fourth-order valence-corrected chi connectivity index (χ4v) is 3.90. The van der Waals surface area contributed by atoms with E-state index in [-0.39, 0.29) is 13.0 Å². The zero-order valence-corrected chi connectivity index (χ0v) is 18.8. The van der Waals surface area contributed by atoms with Crippen molar-refractivity contribution in [3.63, 3.8) is 0 Å². The smallest absolute Gasteiger partial charge is 0.416 e. The summed E-state index contributed by atoms with van der Waals surface area (Å²) in [5, 5.41) is 12.3. The summed E-state index contributed by atoms with van der Waals surface area (Å²) in [6, 6.07) is 3.64. The number of carbonyl (C=O) groups excluding carboxylic acids is 1. The first-order valence-electron chi connectivity index (χ1n) is 10.8. The molecule has 0 bridgehead atoms. The van der Waals surface area contributed by atoms with Crippen molar-refractivity contribution < 1.29 is 32.6 Å². The van der Waals surface area contributed by atoms with Gasteiger partial charge in [-0.25, -0.2) is 9.78 Å². The summed E-state index contributed by atoms with van der Waals surface area (Å²) < 4.78 is 45.9. The molecule has 2 aromatic rings. The number of alkyl halides is 3. The number of fused-ring (bicyclic) bond motifs is 3. The minimum Gasteiger partial charge on any atom is -0.481 e. The Hall–Kier alpha value is -3.04. The molecule has 2 heterocycles. The molecule has 0 spiro atoms. The third-order valence-corrected chi connectivity index (χ3v) is 5.44. The van der Waals surface area contributed by atoms with Gasteiger partial charge in [-0.15, -0.1) is 0 Å². The van der Waals surface area contributed by atoms with Crippen molar-refractivity contribution in [3.05, 3.63) is 47.0 Å². The van der Waals surface area contributed by atoms with E-state index in [1.165, 1.54) is 6.07 Å². The number of imidazole rings is 1. The standard InChI is InChI=1S/C23H28F3N3O4/c1-22(2,3)33-21(32)27-10-4-5-15(20(30)31)12-17-19-8-6-14-11-16(23(24,25)26)7-9-18(14)29(19)13-28-17/h7,9,11,13,15H,4-6,8,10,12H2,1-3H3,(H,27,32)(H,30,31). The van der Waals surface area contributed by atoms with Crippen LogP contribution in [0, 0.1) is 5.92 Å². The van der Waals surface area contributed by atoms with E-state index in [0.717, 1.165) is 17.8 Å². The van der Waals surface area contributed by atoms with Crippen LogP contribution < -0.4 is 5.32 Å². The highest BCUT2D eigenvalue weighted by molar-refractivity contribution is 5.70. The maximum absolute atomic E-state index is 13.0. The predicted octanol–water partition coefficient (Wildman–Crippen LogP) is 4.54. The van der Waals surface area contributed by atoms with E-state index in [1.54, 1.807) is 31.7 Å². The molecule has 1 aliphatic rings. The third kappa shape index (κ3) is 6.27. The monoisotopic (exact) mass is 467 g/mol. The van der Waals surface area contributed by atoms with Crippen LogP contribution in [-0.2, 0) is 35.0 Å². The molecule has 3 rings (SSSR count). The quantitative estimate of drug-likeness (QED) is 0.584. The average Bonchev–Trinajstić information content (AvgIpc) is 3.10. The Morgan fingerprint density at radius 2 is 1.97 bits per heavy atom. The Morgan fingerprint density at radius 3 is 2.61 bits per heavy atom. The van der Waals surface area contributed by atoms with Crippen molar-refractivity contribution in [2.75, 3.05) is 6.54 Å². The molecule has 0 saturated heterocycles. The number of carbonyl (C=O) groups is 2. The molecule has 1 aromatic carbocycles. The number of aliphatic carboxylic acids is 1. The molecule has 10 heteroatoms. The molecule has 180 valence electrons. The van der Waals surface area contributed by atoms with Gasteiger partial charge < -0.3 is 19.7 Å². The molecule has 0 aliphatic carbocycles. The van der Waals surface area contributed by atoms with Crippen molar-refractivity contribution >= 4 is 12.1 Å². The topological polar surface area (TPSA) is 93.5 Å². The van der Waals surface area contributed by atoms with Gasteiger partial charge in [-0.1, -0.05) is 0 Å². The molecule has 1 amide bonds. The van der Waals surface area contributed by atoms with Gasteiger partial charge in [0.05, 0.1) is 23.5 Å². The molecule has 0 fully saturated rings. The van der Waals surface area contributed by atoms with Crippen LogP contribution in [0.4, 0.5) is 18.0 Å². The molecule has 1 unspecified atom stereocenters. The van der Waals surface area contributed by atoms with Gasteiger partial charge in [0.1, 0.15) is 5.60 Å². The maximum Gasteiger partial charge on any atom is 0.416 e. The van der Waals surface area contributed by atoms with Gasteiger partial charge in [0.25, 0.3) is 0 Å². The van der Waals surface area contributed by atoms with Crippen LogP contribution in [0.15, 0.2) is 24.5 Å². The van der Waals surface area contributed by atoms with Crippen molar-refractivity contribution in [2.24, 2.45) is 5.92 Å². The van der Waals surface area contributed by atoms with Crippen LogP contribution in [0.25, 0.3) is 5.69 Å². The minimum absolute atomic E-state index is 0.208. The molecular formula is C23H28F3N3O4. The summed E-state index contributed by atoms with van der Waals surface area (Å²) in [4.78, 5) is 27.9. The Kier molecular flexibility index (Phi) is 7.04. The molecule has 7 nitrogen and oxygen atoms in total. The van der Waals surface area contributed by atoms with Crippen LogP contribution in [0.2, 0.25) is 0 Å². The molecular weight excluding hydrogens is 439 g/mol. The molecule has 1 atom stereocenters. The van der Waals surface area contributed by atoms with Crippen molar-refractivity contribution in [1.82, 2.24) is 14.9 Å². The van der Waals surface area contributed by atoms with Gasteiger partial charge in [-0.2, -0.15) is 13.2 Å². The summed E-state index contributed by atoms with van der Waals surface area (Å²) in [5.41, 5.74) is 1.38. The van der Waals surface area contributed by atoms with Gasteiger partial charge in [-0.3, -0.25) is 4.79 Å². The second kappa shape index (κ2) is 9.44. The lowest BCUT2D eigenvalue weighted by atomic mass is 9.93. The lowest BCUT2D eigenvalue weighted by Gasteiger charge is -2.22. The fourth-order valence-electron chi connectivity index (χ4n) is 3.90. The fraction of sp³-hybridized carbons (Fsp3) is 0.522. The second-order valence-corrected chi connectivity index (χ2v) is 9.16. The molecule has 0 saturated carbocycles. The van der Waals surface area contributed by atoms with Gasteiger partial charge in [-0.05, 0) is 70.2 Å². The Morgan fingerprint density at radius 1 is 1.24 bits per heavy atom. The zero-order chi connectivity index (χ0) is 24.4. The first kappa shape index (κ1) is 24.6. The Bertz CT molecular complexity index is 1020. The highest BCUT2D eigenvalue weighted by Crippen LogP contribution is 2.34. The molecule has 1 aliphatic heterocycles. The minimum atomic E-state index is -4.40. The largest absolute Gasteiger partial charge is 0.481 e.